The lowest BCUT2D eigenvalue weighted by Gasteiger charge is -2.17. The van der Waals surface area contributed by atoms with Crippen LogP contribution in [0.25, 0.3) is 0 Å². The minimum Gasteiger partial charge on any atom is -0.497 e. The standard InChI is InChI=1S/C21H28N2O2/c1-16(9-10-18-7-5-4-6-8-18)23-21(24)17(2)22-15-19-11-13-20(25-3)14-12-19/h4-8,11-14,16-17,22H,9-10,15H2,1-3H3,(H,23,24)/p+1/t16-,17-/m0/s1. The monoisotopic (exact) mass is 341 g/mol. The maximum absolute atomic E-state index is 12.3. The Labute approximate surface area is 150 Å². The fourth-order valence-corrected chi connectivity index (χ4v) is 2.66. The molecule has 0 spiro atoms. The fraction of sp³-hybridized carbons (Fsp3) is 0.381. The van der Waals surface area contributed by atoms with Crippen molar-refractivity contribution in [2.75, 3.05) is 7.11 Å². The first-order valence-electron chi connectivity index (χ1n) is 8.89. The van der Waals surface area contributed by atoms with Gasteiger partial charge in [-0.25, -0.2) is 0 Å². The molecule has 2 aromatic carbocycles. The molecule has 2 aromatic rings. The quantitative estimate of drug-likeness (QED) is 0.735. The number of aryl methyl sites for hydroxylation is 1. The van der Waals surface area contributed by atoms with E-state index in [1.807, 2.05) is 37.3 Å². The topological polar surface area (TPSA) is 54.9 Å². The van der Waals surface area contributed by atoms with Crippen LogP contribution in [-0.2, 0) is 17.8 Å². The fourth-order valence-electron chi connectivity index (χ4n) is 2.66. The van der Waals surface area contributed by atoms with E-state index in [2.05, 4.69) is 41.8 Å². The molecule has 0 unspecified atom stereocenters. The summed E-state index contributed by atoms with van der Waals surface area (Å²) in [4.78, 5) is 12.3. The third kappa shape index (κ3) is 6.59. The van der Waals surface area contributed by atoms with Crippen LogP contribution in [0.4, 0.5) is 0 Å². The lowest BCUT2D eigenvalue weighted by molar-refractivity contribution is -0.689. The van der Waals surface area contributed by atoms with Crippen molar-refractivity contribution >= 4 is 5.91 Å². The number of hydrogen-bond donors (Lipinski definition) is 2. The van der Waals surface area contributed by atoms with Crippen LogP contribution < -0.4 is 15.4 Å². The third-order valence-corrected chi connectivity index (χ3v) is 4.38. The van der Waals surface area contributed by atoms with E-state index in [0.29, 0.717) is 0 Å². The second-order valence-corrected chi connectivity index (χ2v) is 6.51. The first-order valence-corrected chi connectivity index (χ1v) is 8.89. The highest BCUT2D eigenvalue weighted by Gasteiger charge is 2.17. The van der Waals surface area contributed by atoms with Crippen molar-refractivity contribution in [3.05, 3.63) is 65.7 Å². The summed E-state index contributed by atoms with van der Waals surface area (Å²) in [7, 11) is 1.66. The lowest BCUT2D eigenvalue weighted by Crippen LogP contribution is -2.90. The van der Waals surface area contributed by atoms with Gasteiger partial charge in [0.25, 0.3) is 5.91 Å². The van der Waals surface area contributed by atoms with Gasteiger partial charge in [-0.3, -0.25) is 4.79 Å². The number of benzene rings is 2. The molecule has 0 bridgehead atoms. The maximum atomic E-state index is 12.3. The van der Waals surface area contributed by atoms with Crippen LogP contribution in [-0.4, -0.2) is 25.1 Å². The molecule has 0 radical (unpaired) electrons. The Balaban J connectivity index is 1.71. The van der Waals surface area contributed by atoms with Gasteiger partial charge in [-0.2, -0.15) is 0 Å². The number of nitrogens with two attached hydrogens (primary N) is 1. The molecule has 2 rings (SSSR count). The molecular weight excluding hydrogens is 312 g/mol. The Morgan fingerprint density at radius 1 is 1.04 bits per heavy atom. The van der Waals surface area contributed by atoms with E-state index in [1.165, 1.54) is 11.1 Å². The van der Waals surface area contributed by atoms with Crippen molar-refractivity contribution in [2.24, 2.45) is 0 Å². The predicted octanol–water partition coefficient (Wildman–Crippen LogP) is 2.28. The molecule has 25 heavy (non-hydrogen) atoms. The predicted molar refractivity (Wildman–Crippen MR) is 100 cm³/mol. The van der Waals surface area contributed by atoms with Crippen LogP contribution >= 0.6 is 0 Å². The van der Waals surface area contributed by atoms with Gasteiger partial charge >= 0.3 is 0 Å². The van der Waals surface area contributed by atoms with Gasteiger partial charge in [-0.05, 0) is 56.5 Å². The summed E-state index contributed by atoms with van der Waals surface area (Å²) in [6.07, 6.45) is 1.92. The Morgan fingerprint density at radius 3 is 2.36 bits per heavy atom. The van der Waals surface area contributed by atoms with Crippen molar-refractivity contribution in [2.45, 2.75) is 45.3 Å². The second kappa shape index (κ2) is 9.84. The highest BCUT2D eigenvalue weighted by atomic mass is 16.5. The molecule has 134 valence electrons. The van der Waals surface area contributed by atoms with Crippen molar-refractivity contribution in [1.29, 1.82) is 0 Å². The third-order valence-electron chi connectivity index (χ3n) is 4.38. The van der Waals surface area contributed by atoms with E-state index < -0.39 is 0 Å². The number of carbonyl (C=O) groups excluding carboxylic acids is 1. The Bertz CT molecular complexity index is 641. The number of rotatable bonds is 9. The minimum absolute atomic E-state index is 0.0917. The van der Waals surface area contributed by atoms with Gasteiger partial charge in [0.05, 0.1) is 7.11 Å². The highest BCUT2D eigenvalue weighted by Crippen LogP contribution is 2.10. The Morgan fingerprint density at radius 2 is 1.72 bits per heavy atom. The zero-order valence-electron chi connectivity index (χ0n) is 15.4. The van der Waals surface area contributed by atoms with Crippen LogP contribution in [0.5, 0.6) is 5.75 Å². The number of nitrogens with one attached hydrogen (secondary N) is 1. The molecule has 0 aliphatic carbocycles. The summed E-state index contributed by atoms with van der Waals surface area (Å²) in [5, 5.41) is 5.17. The number of hydrogen-bond acceptors (Lipinski definition) is 2. The Kier molecular flexibility index (Phi) is 7.48. The molecule has 0 aliphatic rings. The molecule has 1 amide bonds. The van der Waals surface area contributed by atoms with Gasteiger partial charge in [-0.15, -0.1) is 0 Å². The van der Waals surface area contributed by atoms with E-state index in [9.17, 15) is 4.79 Å². The molecule has 4 heteroatoms. The van der Waals surface area contributed by atoms with Gasteiger partial charge in [0.15, 0.2) is 6.04 Å². The first-order chi connectivity index (χ1) is 12.1. The van der Waals surface area contributed by atoms with E-state index in [-0.39, 0.29) is 18.0 Å². The van der Waals surface area contributed by atoms with Gasteiger partial charge in [0, 0.05) is 11.6 Å². The summed E-state index contributed by atoms with van der Waals surface area (Å²) >= 11 is 0. The largest absolute Gasteiger partial charge is 0.497 e. The van der Waals surface area contributed by atoms with Crippen LogP contribution in [0.1, 0.15) is 31.4 Å². The maximum Gasteiger partial charge on any atom is 0.278 e. The van der Waals surface area contributed by atoms with E-state index in [4.69, 9.17) is 4.74 Å². The number of quaternary nitrogens is 1. The molecule has 0 fully saturated rings. The number of ether oxygens (including phenoxy) is 1. The number of amides is 1. The molecule has 0 saturated heterocycles. The van der Waals surface area contributed by atoms with E-state index in [1.54, 1.807) is 7.11 Å². The van der Waals surface area contributed by atoms with Gasteiger partial charge < -0.3 is 15.4 Å². The average Bonchev–Trinajstić information content (AvgIpc) is 2.65. The molecule has 0 aromatic heterocycles. The SMILES string of the molecule is COc1ccc(C[NH2+][C@@H](C)C(=O)N[C@@H](C)CCc2ccccc2)cc1. The van der Waals surface area contributed by atoms with Gasteiger partial charge in [-0.1, -0.05) is 30.3 Å². The lowest BCUT2D eigenvalue weighted by atomic mass is 10.1. The minimum atomic E-state index is -0.110. The number of carbonyl (C=O) groups is 1. The van der Waals surface area contributed by atoms with Crippen molar-refractivity contribution in [3.8, 4) is 5.75 Å². The number of methoxy groups -OCH3 is 1. The highest BCUT2D eigenvalue weighted by molar-refractivity contribution is 5.80. The van der Waals surface area contributed by atoms with Gasteiger partial charge in [0.1, 0.15) is 12.3 Å². The van der Waals surface area contributed by atoms with Crippen LogP contribution in [0, 0.1) is 0 Å². The average molecular weight is 341 g/mol. The molecule has 4 nitrogen and oxygen atoms in total. The summed E-state index contributed by atoms with van der Waals surface area (Å²) in [5.74, 6) is 0.941. The smallest absolute Gasteiger partial charge is 0.278 e. The zero-order valence-corrected chi connectivity index (χ0v) is 15.4. The van der Waals surface area contributed by atoms with Crippen molar-refractivity contribution in [3.63, 3.8) is 0 Å². The molecule has 2 atom stereocenters. The van der Waals surface area contributed by atoms with Crippen LogP contribution in [0.15, 0.2) is 54.6 Å². The molecular formula is C21H29N2O2+. The zero-order chi connectivity index (χ0) is 18.1. The van der Waals surface area contributed by atoms with Crippen LogP contribution in [0.2, 0.25) is 0 Å². The van der Waals surface area contributed by atoms with Crippen molar-refractivity contribution in [1.82, 2.24) is 5.32 Å². The van der Waals surface area contributed by atoms with E-state index in [0.717, 1.165) is 25.1 Å². The first kappa shape index (κ1) is 19.0. The molecule has 0 heterocycles. The second-order valence-electron chi connectivity index (χ2n) is 6.51. The molecule has 0 aliphatic heterocycles. The Hall–Kier alpha value is -2.33. The normalized spacial score (nSPS) is 13.1. The van der Waals surface area contributed by atoms with E-state index >= 15 is 0 Å². The summed E-state index contributed by atoms with van der Waals surface area (Å²) in [6.45, 7) is 4.79. The summed E-state index contributed by atoms with van der Waals surface area (Å²) < 4.78 is 5.16. The van der Waals surface area contributed by atoms with Crippen LogP contribution in [0.3, 0.4) is 0 Å². The summed E-state index contributed by atoms with van der Waals surface area (Å²) in [5.41, 5.74) is 2.49. The van der Waals surface area contributed by atoms with Gasteiger partial charge in [0.2, 0.25) is 0 Å². The molecule has 3 N–H and O–H groups in total. The van der Waals surface area contributed by atoms with Crippen molar-refractivity contribution < 1.29 is 14.8 Å². The summed E-state index contributed by atoms with van der Waals surface area (Å²) in [6, 6.07) is 18.4. The molecule has 0 saturated carbocycles.